The molecule has 0 aliphatic rings. The van der Waals surface area contributed by atoms with Crippen LogP contribution >= 0.6 is 11.6 Å². The van der Waals surface area contributed by atoms with E-state index in [9.17, 15) is 13.2 Å². The van der Waals surface area contributed by atoms with Crippen LogP contribution in [0.5, 0.6) is 0 Å². The van der Waals surface area contributed by atoms with Crippen molar-refractivity contribution in [2.75, 3.05) is 11.9 Å². The number of rotatable bonds is 3. The molecule has 0 spiro atoms. The van der Waals surface area contributed by atoms with Gasteiger partial charge in [0, 0.05) is 19.0 Å². The lowest BCUT2D eigenvalue weighted by Crippen LogP contribution is -2.13. The van der Waals surface area contributed by atoms with Crippen LogP contribution in [0.2, 0.25) is 5.15 Å². The first-order chi connectivity index (χ1) is 7.93. The van der Waals surface area contributed by atoms with E-state index in [0.29, 0.717) is 13.0 Å². The average molecular weight is 264 g/mol. The summed E-state index contributed by atoms with van der Waals surface area (Å²) < 4.78 is 37.1. The predicted octanol–water partition coefficient (Wildman–Crippen LogP) is 2.97. The Bertz CT molecular complexity index is 448. The minimum absolute atomic E-state index is 0.0372. The first-order valence-electron chi connectivity index (χ1n) is 4.68. The summed E-state index contributed by atoms with van der Waals surface area (Å²) in [5.41, 5.74) is 0. The molecule has 7 heteroatoms. The molecule has 0 atom stereocenters. The van der Waals surface area contributed by atoms with Gasteiger partial charge in [0.1, 0.15) is 11.0 Å². The van der Waals surface area contributed by atoms with E-state index >= 15 is 0 Å². The zero-order valence-corrected chi connectivity index (χ0v) is 9.65. The van der Waals surface area contributed by atoms with Crippen molar-refractivity contribution in [3.8, 4) is 11.8 Å². The van der Waals surface area contributed by atoms with Gasteiger partial charge in [-0.15, -0.1) is 11.8 Å². The summed E-state index contributed by atoms with van der Waals surface area (Å²) in [6.07, 6.45) is -4.09. The molecule has 0 saturated heterocycles. The van der Waals surface area contributed by atoms with Crippen LogP contribution in [0.4, 0.5) is 19.0 Å². The molecule has 0 fully saturated rings. The van der Waals surface area contributed by atoms with Gasteiger partial charge in [-0.2, -0.15) is 13.2 Å². The van der Waals surface area contributed by atoms with Gasteiger partial charge in [0.2, 0.25) is 5.82 Å². The molecule has 0 aromatic carbocycles. The molecular formula is C10H9ClF3N3. The molecule has 17 heavy (non-hydrogen) atoms. The SMILES string of the molecule is CC#CCCNc1cc(Cl)nc(C(F)(F)F)n1. The second kappa shape index (κ2) is 5.73. The number of hydrogen-bond donors (Lipinski definition) is 1. The summed E-state index contributed by atoms with van der Waals surface area (Å²) in [5.74, 6) is 4.22. The van der Waals surface area contributed by atoms with Crippen LogP contribution in [0, 0.1) is 11.8 Å². The maximum atomic E-state index is 12.4. The van der Waals surface area contributed by atoms with Crippen molar-refractivity contribution in [3.05, 3.63) is 17.0 Å². The molecule has 0 saturated carbocycles. The van der Waals surface area contributed by atoms with Crippen molar-refractivity contribution >= 4 is 17.4 Å². The molecule has 3 nitrogen and oxygen atoms in total. The first-order valence-corrected chi connectivity index (χ1v) is 5.06. The Morgan fingerprint density at radius 1 is 1.41 bits per heavy atom. The lowest BCUT2D eigenvalue weighted by atomic mass is 10.4. The van der Waals surface area contributed by atoms with E-state index in [0.717, 1.165) is 0 Å². The van der Waals surface area contributed by atoms with Crippen molar-refractivity contribution in [1.29, 1.82) is 0 Å². The van der Waals surface area contributed by atoms with Crippen LogP contribution in [0.25, 0.3) is 0 Å². The first kappa shape index (κ1) is 13.6. The van der Waals surface area contributed by atoms with Crippen LogP contribution in [-0.2, 0) is 6.18 Å². The molecule has 0 bridgehead atoms. The van der Waals surface area contributed by atoms with Gasteiger partial charge < -0.3 is 5.32 Å². The highest BCUT2D eigenvalue weighted by molar-refractivity contribution is 6.29. The molecule has 1 aromatic rings. The number of nitrogens with zero attached hydrogens (tertiary/aromatic N) is 2. The lowest BCUT2D eigenvalue weighted by Gasteiger charge is -2.08. The largest absolute Gasteiger partial charge is 0.451 e. The minimum atomic E-state index is -4.61. The Morgan fingerprint density at radius 3 is 2.71 bits per heavy atom. The molecule has 0 unspecified atom stereocenters. The number of aromatic nitrogens is 2. The van der Waals surface area contributed by atoms with Crippen LogP contribution in [0.15, 0.2) is 6.07 Å². The summed E-state index contributed by atoms with van der Waals surface area (Å²) in [6, 6.07) is 1.23. The number of anilines is 1. The van der Waals surface area contributed by atoms with E-state index in [-0.39, 0.29) is 11.0 Å². The molecule has 0 aliphatic carbocycles. The highest BCUT2D eigenvalue weighted by Gasteiger charge is 2.35. The average Bonchev–Trinajstić information content (AvgIpc) is 2.22. The zero-order valence-electron chi connectivity index (χ0n) is 8.90. The Kier molecular flexibility index (Phi) is 4.58. The standard InChI is InChI=1S/C10H9ClF3N3/c1-2-3-4-5-15-8-6-7(11)16-9(17-8)10(12,13)14/h6H,4-5H2,1H3,(H,15,16,17). The van der Waals surface area contributed by atoms with E-state index < -0.39 is 12.0 Å². The number of hydrogen-bond acceptors (Lipinski definition) is 3. The Balaban J connectivity index is 2.78. The van der Waals surface area contributed by atoms with Crippen molar-refractivity contribution < 1.29 is 13.2 Å². The minimum Gasteiger partial charge on any atom is -0.369 e. The van der Waals surface area contributed by atoms with E-state index in [4.69, 9.17) is 11.6 Å². The molecule has 1 aromatic heterocycles. The third-order valence-electron chi connectivity index (χ3n) is 1.68. The van der Waals surface area contributed by atoms with Crippen molar-refractivity contribution in [1.82, 2.24) is 9.97 Å². The fourth-order valence-corrected chi connectivity index (χ4v) is 1.20. The summed E-state index contributed by atoms with van der Waals surface area (Å²) in [6.45, 7) is 2.08. The number of halogens is 4. The van der Waals surface area contributed by atoms with Gasteiger partial charge in [0.05, 0.1) is 0 Å². The van der Waals surface area contributed by atoms with Gasteiger partial charge in [-0.05, 0) is 6.92 Å². The zero-order chi connectivity index (χ0) is 12.9. The topological polar surface area (TPSA) is 37.8 Å². The summed E-state index contributed by atoms with van der Waals surface area (Å²) in [5, 5.41) is 2.44. The van der Waals surface area contributed by atoms with Crippen LogP contribution in [-0.4, -0.2) is 16.5 Å². The van der Waals surface area contributed by atoms with Crippen molar-refractivity contribution in [3.63, 3.8) is 0 Å². The third-order valence-corrected chi connectivity index (χ3v) is 1.87. The third kappa shape index (κ3) is 4.49. The summed E-state index contributed by atoms with van der Waals surface area (Å²) in [4.78, 5) is 6.43. The highest BCUT2D eigenvalue weighted by atomic mass is 35.5. The predicted molar refractivity (Wildman–Crippen MR) is 58.6 cm³/mol. The van der Waals surface area contributed by atoms with Gasteiger partial charge in [0.15, 0.2) is 0 Å². The summed E-state index contributed by atoms with van der Waals surface area (Å²) in [7, 11) is 0. The Labute approximate surface area is 101 Å². The second-order valence-electron chi connectivity index (χ2n) is 3.00. The van der Waals surface area contributed by atoms with E-state index in [1.807, 2.05) is 0 Å². The van der Waals surface area contributed by atoms with Crippen molar-refractivity contribution in [2.24, 2.45) is 0 Å². The maximum absolute atomic E-state index is 12.4. The molecular weight excluding hydrogens is 255 g/mol. The normalized spacial score (nSPS) is 10.6. The van der Waals surface area contributed by atoms with E-state index in [1.165, 1.54) is 6.07 Å². The molecule has 0 radical (unpaired) electrons. The van der Waals surface area contributed by atoms with Crippen LogP contribution < -0.4 is 5.32 Å². The van der Waals surface area contributed by atoms with E-state index in [1.54, 1.807) is 6.92 Å². The highest BCUT2D eigenvalue weighted by Crippen LogP contribution is 2.28. The molecule has 0 amide bonds. The summed E-state index contributed by atoms with van der Waals surface area (Å²) >= 11 is 5.48. The maximum Gasteiger partial charge on any atom is 0.451 e. The monoisotopic (exact) mass is 263 g/mol. The smallest absolute Gasteiger partial charge is 0.369 e. The van der Waals surface area contributed by atoms with Gasteiger partial charge >= 0.3 is 6.18 Å². The quantitative estimate of drug-likeness (QED) is 0.518. The molecule has 0 aliphatic heterocycles. The number of alkyl halides is 3. The Morgan fingerprint density at radius 2 is 2.12 bits per heavy atom. The molecule has 1 rings (SSSR count). The number of nitrogens with one attached hydrogen (secondary N) is 1. The second-order valence-corrected chi connectivity index (χ2v) is 3.39. The Hall–Kier alpha value is -1.48. The fourth-order valence-electron chi connectivity index (χ4n) is 1.01. The van der Waals surface area contributed by atoms with Gasteiger partial charge in [-0.3, -0.25) is 0 Å². The lowest BCUT2D eigenvalue weighted by molar-refractivity contribution is -0.144. The van der Waals surface area contributed by atoms with Gasteiger partial charge in [0.25, 0.3) is 0 Å². The van der Waals surface area contributed by atoms with Gasteiger partial charge in [-0.25, -0.2) is 9.97 Å². The molecule has 92 valence electrons. The van der Waals surface area contributed by atoms with Crippen molar-refractivity contribution in [2.45, 2.75) is 19.5 Å². The molecule has 1 N–H and O–H groups in total. The van der Waals surface area contributed by atoms with Crippen LogP contribution in [0.3, 0.4) is 0 Å². The fraction of sp³-hybridized carbons (Fsp3) is 0.400. The van der Waals surface area contributed by atoms with E-state index in [2.05, 4.69) is 27.1 Å². The van der Waals surface area contributed by atoms with Gasteiger partial charge in [-0.1, -0.05) is 11.6 Å². The van der Waals surface area contributed by atoms with Crippen LogP contribution in [0.1, 0.15) is 19.2 Å². The molecule has 1 heterocycles.